The fourth-order valence-corrected chi connectivity index (χ4v) is 3.15. The minimum absolute atomic E-state index is 0.0843. The van der Waals surface area contributed by atoms with Crippen LogP contribution in [-0.2, 0) is 11.0 Å². The van der Waals surface area contributed by atoms with Crippen LogP contribution in [0.5, 0.6) is 0 Å². The van der Waals surface area contributed by atoms with Crippen LogP contribution in [0.25, 0.3) is 10.2 Å². The van der Waals surface area contributed by atoms with Gasteiger partial charge in [0.2, 0.25) is 0 Å². The zero-order chi connectivity index (χ0) is 18.3. The van der Waals surface area contributed by atoms with Crippen LogP contribution in [-0.4, -0.2) is 27.5 Å². The molecule has 1 amide bonds. The first-order chi connectivity index (χ1) is 11.0. The molecule has 0 aliphatic heterocycles. The van der Waals surface area contributed by atoms with Crippen molar-refractivity contribution in [2.24, 2.45) is 0 Å². The molecule has 24 heavy (non-hydrogen) atoms. The zero-order valence-electron chi connectivity index (χ0n) is 13.1. The fourth-order valence-electron chi connectivity index (χ4n) is 2.07. The summed E-state index contributed by atoms with van der Waals surface area (Å²) in [4.78, 5) is 27.5. The summed E-state index contributed by atoms with van der Waals surface area (Å²) >= 11 is 0.809. The number of alkyl halides is 3. The van der Waals surface area contributed by atoms with E-state index < -0.39 is 29.3 Å². The van der Waals surface area contributed by atoms with Crippen molar-refractivity contribution in [2.45, 2.75) is 38.9 Å². The number of rotatable bonds is 4. The zero-order valence-corrected chi connectivity index (χ0v) is 13.9. The highest BCUT2D eigenvalue weighted by atomic mass is 32.1. The monoisotopic (exact) mass is 360 g/mol. The lowest BCUT2D eigenvalue weighted by molar-refractivity contribution is -0.144. The molecule has 0 saturated carbocycles. The van der Waals surface area contributed by atoms with Gasteiger partial charge in [0.15, 0.2) is 0 Å². The number of carbonyl (C=O) groups excluding carboxylic acids is 1. The first kappa shape index (κ1) is 18.2. The number of carbonyl (C=O) groups is 2. The lowest BCUT2D eigenvalue weighted by atomic mass is 9.99. The molecule has 0 aromatic carbocycles. The third kappa shape index (κ3) is 3.21. The maximum absolute atomic E-state index is 12.7. The number of carboxylic acids is 1. The van der Waals surface area contributed by atoms with E-state index in [0.29, 0.717) is 10.9 Å². The summed E-state index contributed by atoms with van der Waals surface area (Å²) in [5.41, 5.74) is -2.02. The first-order valence-electron chi connectivity index (χ1n) is 7.03. The molecule has 0 aliphatic rings. The van der Waals surface area contributed by atoms with Crippen LogP contribution in [0.3, 0.4) is 0 Å². The molecule has 2 rings (SSSR count). The Hall–Kier alpha value is -2.16. The molecule has 0 radical (unpaired) electrons. The summed E-state index contributed by atoms with van der Waals surface area (Å²) < 4.78 is 38.2. The minimum Gasteiger partial charge on any atom is -0.480 e. The van der Waals surface area contributed by atoms with Gasteiger partial charge in [0.05, 0.1) is 4.88 Å². The molecule has 5 nitrogen and oxygen atoms in total. The summed E-state index contributed by atoms with van der Waals surface area (Å²) in [6.07, 6.45) is -4.41. The van der Waals surface area contributed by atoms with Crippen LogP contribution < -0.4 is 5.32 Å². The van der Waals surface area contributed by atoms with E-state index in [1.807, 2.05) is 0 Å². The van der Waals surface area contributed by atoms with E-state index >= 15 is 0 Å². The summed E-state index contributed by atoms with van der Waals surface area (Å²) in [6.45, 7) is 4.58. The van der Waals surface area contributed by atoms with Crippen LogP contribution in [0.2, 0.25) is 0 Å². The second-order valence-electron chi connectivity index (χ2n) is 5.55. The van der Waals surface area contributed by atoms with Gasteiger partial charge in [-0.15, -0.1) is 11.3 Å². The molecule has 2 heterocycles. The average Bonchev–Trinajstić information content (AvgIpc) is 2.82. The number of aromatic nitrogens is 1. The third-order valence-corrected chi connectivity index (χ3v) is 5.07. The van der Waals surface area contributed by atoms with Crippen molar-refractivity contribution in [1.29, 1.82) is 0 Å². The number of aliphatic carboxylic acids is 1. The normalized spacial score (nSPS) is 14.4. The summed E-state index contributed by atoms with van der Waals surface area (Å²) in [5, 5.41) is 12.1. The van der Waals surface area contributed by atoms with Gasteiger partial charge in [-0.25, -0.2) is 9.78 Å². The lowest BCUT2D eigenvalue weighted by Crippen LogP contribution is -2.51. The molecule has 1 atom stereocenters. The topological polar surface area (TPSA) is 79.3 Å². The number of nitrogens with zero attached hydrogens (tertiary/aromatic N) is 1. The fraction of sp³-hybridized carbons (Fsp3) is 0.400. The highest BCUT2D eigenvalue weighted by Gasteiger charge is 2.35. The summed E-state index contributed by atoms with van der Waals surface area (Å²) in [5.74, 6) is -1.83. The van der Waals surface area contributed by atoms with Gasteiger partial charge in [-0.2, -0.15) is 13.2 Å². The highest BCUT2D eigenvalue weighted by molar-refractivity contribution is 7.20. The van der Waals surface area contributed by atoms with Crippen molar-refractivity contribution in [3.63, 3.8) is 0 Å². The number of hydrogen-bond acceptors (Lipinski definition) is 4. The van der Waals surface area contributed by atoms with Gasteiger partial charge in [0.25, 0.3) is 5.91 Å². The Bertz CT molecular complexity index is 816. The molecule has 2 N–H and O–H groups in total. The van der Waals surface area contributed by atoms with E-state index in [-0.39, 0.29) is 16.1 Å². The van der Waals surface area contributed by atoms with Gasteiger partial charge in [0, 0.05) is 5.39 Å². The molecule has 0 aliphatic carbocycles. The van der Waals surface area contributed by atoms with E-state index in [4.69, 9.17) is 0 Å². The first-order valence-corrected chi connectivity index (χ1v) is 7.84. The number of pyridine rings is 1. The summed E-state index contributed by atoms with van der Waals surface area (Å²) in [6, 6.07) is 2.13. The Morgan fingerprint density at radius 1 is 1.33 bits per heavy atom. The van der Waals surface area contributed by atoms with Crippen LogP contribution >= 0.6 is 11.3 Å². The van der Waals surface area contributed by atoms with Crippen LogP contribution in [0.4, 0.5) is 13.2 Å². The molecule has 0 bridgehead atoms. The van der Waals surface area contributed by atoms with Crippen LogP contribution in [0.1, 0.15) is 41.2 Å². The van der Waals surface area contributed by atoms with Crippen LogP contribution in [0.15, 0.2) is 12.1 Å². The molecule has 0 saturated heterocycles. The minimum atomic E-state index is -4.57. The maximum Gasteiger partial charge on any atom is 0.433 e. The Morgan fingerprint density at radius 3 is 2.46 bits per heavy atom. The van der Waals surface area contributed by atoms with Crippen molar-refractivity contribution in [1.82, 2.24) is 10.3 Å². The molecule has 2 aromatic rings. The van der Waals surface area contributed by atoms with Gasteiger partial charge >= 0.3 is 12.1 Å². The number of aryl methyl sites for hydroxylation is 1. The van der Waals surface area contributed by atoms with E-state index in [0.717, 1.165) is 17.4 Å². The van der Waals surface area contributed by atoms with Gasteiger partial charge in [0.1, 0.15) is 16.1 Å². The van der Waals surface area contributed by atoms with Crippen molar-refractivity contribution in [2.75, 3.05) is 0 Å². The molecule has 0 fully saturated rings. The molecular weight excluding hydrogens is 345 g/mol. The maximum atomic E-state index is 12.7. The average molecular weight is 360 g/mol. The van der Waals surface area contributed by atoms with Gasteiger partial charge < -0.3 is 10.4 Å². The number of thiophene rings is 1. The SMILES string of the molecule is CCC(C)(NC(=O)c1sc2nc(C(F)(F)F)ccc2c1C)C(=O)O. The molecule has 0 spiro atoms. The van der Waals surface area contributed by atoms with Crippen molar-refractivity contribution >= 4 is 33.4 Å². The van der Waals surface area contributed by atoms with E-state index in [9.17, 15) is 27.9 Å². The number of hydrogen-bond donors (Lipinski definition) is 2. The van der Waals surface area contributed by atoms with Gasteiger partial charge in [-0.05, 0) is 38.0 Å². The molecule has 130 valence electrons. The smallest absolute Gasteiger partial charge is 0.433 e. The second-order valence-corrected chi connectivity index (χ2v) is 6.55. The summed E-state index contributed by atoms with van der Waals surface area (Å²) in [7, 11) is 0. The highest BCUT2D eigenvalue weighted by Crippen LogP contribution is 2.34. The second kappa shape index (κ2) is 6.04. The quantitative estimate of drug-likeness (QED) is 0.873. The van der Waals surface area contributed by atoms with Crippen molar-refractivity contribution in [3.05, 3.63) is 28.3 Å². The molecule has 9 heteroatoms. The van der Waals surface area contributed by atoms with Crippen LogP contribution in [0, 0.1) is 6.92 Å². The molecule has 1 unspecified atom stereocenters. The number of nitrogens with one attached hydrogen (secondary N) is 1. The standard InChI is InChI=1S/C15H15F3N2O3S/c1-4-14(3,13(22)23)20-11(21)10-7(2)8-5-6-9(15(16,17)18)19-12(8)24-10/h5-6H,4H2,1-3H3,(H,20,21)(H,22,23). The van der Waals surface area contributed by atoms with Gasteiger partial charge in [-0.1, -0.05) is 6.92 Å². The number of carboxylic acid groups (broad SMARTS) is 1. The molecular formula is C15H15F3N2O3S. The third-order valence-electron chi connectivity index (χ3n) is 3.87. The predicted molar refractivity (Wildman–Crippen MR) is 83.2 cm³/mol. The van der Waals surface area contributed by atoms with E-state index in [1.165, 1.54) is 13.0 Å². The van der Waals surface area contributed by atoms with Gasteiger partial charge in [-0.3, -0.25) is 4.79 Å². The van der Waals surface area contributed by atoms with Crippen molar-refractivity contribution in [3.8, 4) is 0 Å². The lowest BCUT2D eigenvalue weighted by Gasteiger charge is -2.24. The Labute approximate surface area is 139 Å². The number of fused-ring (bicyclic) bond motifs is 1. The largest absolute Gasteiger partial charge is 0.480 e. The van der Waals surface area contributed by atoms with E-state index in [1.54, 1.807) is 13.8 Å². The number of amides is 1. The number of halogens is 3. The Kier molecular flexibility index (Phi) is 4.58. The van der Waals surface area contributed by atoms with E-state index in [2.05, 4.69) is 10.3 Å². The predicted octanol–water partition coefficient (Wildman–Crippen LogP) is 3.61. The van der Waals surface area contributed by atoms with Crippen molar-refractivity contribution < 1.29 is 27.9 Å². The Balaban J connectivity index is 2.44. The molecule has 2 aromatic heterocycles. The Morgan fingerprint density at radius 2 is 1.96 bits per heavy atom.